The van der Waals surface area contributed by atoms with E-state index in [0.717, 1.165) is 20.7 Å². The molecule has 0 unspecified atom stereocenters. The van der Waals surface area contributed by atoms with Crippen LogP contribution in [-0.2, 0) is 0 Å². The first-order chi connectivity index (χ1) is 10.2. The Balaban J connectivity index is 2.14. The number of pyridine rings is 1. The summed E-state index contributed by atoms with van der Waals surface area (Å²) in [6, 6.07) is 15.6. The van der Waals surface area contributed by atoms with Gasteiger partial charge in [-0.3, -0.25) is 0 Å². The third kappa shape index (κ3) is 2.62. The van der Waals surface area contributed by atoms with Gasteiger partial charge in [0.2, 0.25) is 0 Å². The number of carboxylic acid groups (broad SMARTS) is 1. The van der Waals surface area contributed by atoms with Crippen LogP contribution in [0.1, 0.15) is 15.9 Å². The number of aromatic carboxylic acids is 1. The number of fused-ring (bicyclic) bond motifs is 1. The number of hydrogen-bond acceptors (Lipinski definition) is 3. The highest BCUT2D eigenvalue weighted by Gasteiger charge is 2.13. The molecule has 1 N–H and O–H groups in total. The van der Waals surface area contributed by atoms with Crippen molar-refractivity contribution >= 4 is 28.5 Å². The predicted octanol–water partition coefficient (Wildman–Crippen LogP) is 4.39. The van der Waals surface area contributed by atoms with E-state index < -0.39 is 5.97 Å². The van der Waals surface area contributed by atoms with Crippen molar-refractivity contribution in [1.29, 1.82) is 0 Å². The molecule has 0 aliphatic rings. The summed E-state index contributed by atoms with van der Waals surface area (Å²) < 4.78 is 0. The molecule has 21 heavy (non-hydrogen) atoms. The van der Waals surface area contributed by atoms with Crippen molar-refractivity contribution < 1.29 is 9.90 Å². The molecule has 1 aromatic heterocycles. The summed E-state index contributed by atoms with van der Waals surface area (Å²) in [5, 5.41) is 11.7. The Morgan fingerprint density at radius 3 is 2.43 bits per heavy atom. The Morgan fingerprint density at radius 2 is 1.71 bits per heavy atom. The standard InChI is InChI=1S/C17H13NO2S/c1-11-6-2-5-9-15(11)21-16-13-8-4-3-7-12(13)14(10-18-16)17(19)20/h2-10H,1H3,(H,19,20). The number of rotatable bonds is 3. The topological polar surface area (TPSA) is 50.2 Å². The molecule has 2 aromatic carbocycles. The lowest BCUT2D eigenvalue weighted by molar-refractivity contribution is 0.0698. The van der Waals surface area contributed by atoms with Gasteiger partial charge in [0.1, 0.15) is 5.03 Å². The van der Waals surface area contributed by atoms with Gasteiger partial charge in [0.05, 0.1) is 5.56 Å². The van der Waals surface area contributed by atoms with Crippen LogP contribution >= 0.6 is 11.8 Å². The first-order valence-electron chi connectivity index (χ1n) is 6.51. The number of carboxylic acids is 1. The van der Waals surface area contributed by atoms with Crippen LogP contribution in [0.2, 0.25) is 0 Å². The van der Waals surface area contributed by atoms with E-state index in [9.17, 15) is 9.90 Å². The van der Waals surface area contributed by atoms with Crippen LogP contribution < -0.4 is 0 Å². The maximum Gasteiger partial charge on any atom is 0.337 e. The second-order valence-corrected chi connectivity index (χ2v) is 5.73. The van der Waals surface area contributed by atoms with Gasteiger partial charge in [0, 0.05) is 21.9 Å². The van der Waals surface area contributed by atoms with E-state index in [1.54, 1.807) is 11.8 Å². The summed E-state index contributed by atoms with van der Waals surface area (Å²) in [7, 11) is 0. The quantitative estimate of drug-likeness (QED) is 0.778. The fraction of sp³-hybridized carbons (Fsp3) is 0.0588. The molecule has 0 saturated carbocycles. The van der Waals surface area contributed by atoms with Gasteiger partial charge in [-0.2, -0.15) is 0 Å². The Kier molecular flexibility index (Phi) is 3.62. The molecule has 0 radical (unpaired) electrons. The molecule has 0 saturated heterocycles. The summed E-state index contributed by atoms with van der Waals surface area (Å²) in [6.07, 6.45) is 1.44. The SMILES string of the molecule is Cc1ccccc1Sc1ncc(C(=O)O)c2ccccc12. The van der Waals surface area contributed by atoms with Crippen LogP contribution in [0.25, 0.3) is 10.8 Å². The molecule has 0 amide bonds. The van der Waals surface area contributed by atoms with Gasteiger partial charge in [-0.05, 0) is 18.6 Å². The van der Waals surface area contributed by atoms with Crippen molar-refractivity contribution in [3.63, 3.8) is 0 Å². The van der Waals surface area contributed by atoms with Crippen LogP contribution in [0, 0.1) is 6.92 Å². The maximum atomic E-state index is 11.3. The van der Waals surface area contributed by atoms with E-state index in [4.69, 9.17) is 0 Å². The zero-order valence-corrected chi connectivity index (χ0v) is 12.2. The average molecular weight is 295 g/mol. The zero-order chi connectivity index (χ0) is 14.8. The summed E-state index contributed by atoms with van der Waals surface area (Å²) in [6.45, 7) is 2.05. The van der Waals surface area contributed by atoms with Crippen LogP contribution in [-0.4, -0.2) is 16.1 Å². The Hall–Kier alpha value is -2.33. The molecular formula is C17H13NO2S. The molecule has 0 bridgehead atoms. The summed E-state index contributed by atoms with van der Waals surface area (Å²) in [5.41, 5.74) is 1.41. The molecule has 0 atom stereocenters. The first-order valence-corrected chi connectivity index (χ1v) is 7.33. The third-order valence-electron chi connectivity index (χ3n) is 3.29. The first kappa shape index (κ1) is 13.6. The minimum Gasteiger partial charge on any atom is -0.478 e. The number of aryl methyl sites for hydroxylation is 1. The van der Waals surface area contributed by atoms with Crippen LogP contribution in [0.5, 0.6) is 0 Å². The van der Waals surface area contributed by atoms with Gasteiger partial charge < -0.3 is 5.11 Å². The fourth-order valence-corrected chi connectivity index (χ4v) is 3.17. The number of nitrogens with zero attached hydrogens (tertiary/aromatic N) is 1. The number of benzene rings is 2. The molecule has 0 spiro atoms. The molecule has 104 valence electrons. The molecule has 3 rings (SSSR count). The molecule has 3 aromatic rings. The van der Waals surface area contributed by atoms with Crippen LogP contribution in [0.3, 0.4) is 0 Å². The molecule has 0 aliphatic carbocycles. The summed E-state index contributed by atoms with van der Waals surface area (Å²) in [4.78, 5) is 16.8. The van der Waals surface area contributed by atoms with Crippen molar-refractivity contribution in [2.24, 2.45) is 0 Å². The van der Waals surface area contributed by atoms with Crippen molar-refractivity contribution in [2.75, 3.05) is 0 Å². The van der Waals surface area contributed by atoms with Gasteiger partial charge in [0.25, 0.3) is 0 Å². The Morgan fingerprint density at radius 1 is 1.05 bits per heavy atom. The third-order valence-corrected chi connectivity index (χ3v) is 4.49. The molecule has 3 nitrogen and oxygen atoms in total. The van der Waals surface area contributed by atoms with Crippen molar-refractivity contribution in [3.8, 4) is 0 Å². The number of carbonyl (C=O) groups is 1. The monoisotopic (exact) mass is 295 g/mol. The van der Waals surface area contributed by atoms with Gasteiger partial charge in [-0.15, -0.1) is 0 Å². The largest absolute Gasteiger partial charge is 0.478 e. The summed E-state index contributed by atoms with van der Waals surface area (Å²) in [5.74, 6) is -0.953. The minimum absolute atomic E-state index is 0.236. The average Bonchev–Trinajstić information content (AvgIpc) is 2.49. The van der Waals surface area contributed by atoms with E-state index >= 15 is 0 Å². The van der Waals surface area contributed by atoms with Gasteiger partial charge in [0.15, 0.2) is 0 Å². The Labute approximate surface area is 126 Å². The van der Waals surface area contributed by atoms with Gasteiger partial charge >= 0.3 is 5.97 Å². The number of hydrogen-bond donors (Lipinski definition) is 1. The lowest BCUT2D eigenvalue weighted by atomic mass is 10.1. The highest BCUT2D eigenvalue weighted by atomic mass is 32.2. The second-order valence-electron chi connectivity index (χ2n) is 4.70. The highest BCUT2D eigenvalue weighted by molar-refractivity contribution is 7.99. The molecule has 1 heterocycles. The lowest BCUT2D eigenvalue weighted by Gasteiger charge is -2.09. The predicted molar refractivity (Wildman–Crippen MR) is 84.0 cm³/mol. The minimum atomic E-state index is -0.953. The van der Waals surface area contributed by atoms with E-state index in [2.05, 4.69) is 18.0 Å². The van der Waals surface area contributed by atoms with E-state index in [1.807, 2.05) is 42.5 Å². The van der Waals surface area contributed by atoms with Crippen molar-refractivity contribution in [1.82, 2.24) is 4.98 Å². The highest BCUT2D eigenvalue weighted by Crippen LogP contribution is 2.34. The smallest absolute Gasteiger partial charge is 0.337 e. The van der Waals surface area contributed by atoms with E-state index in [1.165, 1.54) is 11.8 Å². The van der Waals surface area contributed by atoms with Gasteiger partial charge in [-0.25, -0.2) is 9.78 Å². The molecule has 0 aliphatic heterocycles. The molecular weight excluding hydrogens is 282 g/mol. The van der Waals surface area contributed by atoms with Crippen LogP contribution in [0.4, 0.5) is 0 Å². The molecule has 0 fully saturated rings. The second kappa shape index (κ2) is 5.58. The zero-order valence-electron chi connectivity index (χ0n) is 11.4. The lowest BCUT2D eigenvalue weighted by Crippen LogP contribution is -1.99. The van der Waals surface area contributed by atoms with Crippen LogP contribution in [0.15, 0.2) is 64.6 Å². The summed E-state index contributed by atoms with van der Waals surface area (Å²) >= 11 is 1.56. The van der Waals surface area contributed by atoms with Gasteiger partial charge in [-0.1, -0.05) is 54.2 Å². The maximum absolute atomic E-state index is 11.3. The van der Waals surface area contributed by atoms with E-state index in [0.29, 0.717) is 0 Å². The van der Waals surface area contributed by atoms with Crippen molar-refractivity contribution in [2.45, 2.75) is 16.8 Å². The fourth-order valence-electron chi connectivity index (χ4n) is 2.19. The normalized spacial score (nSPS) is 10.7. The number of aromatic nitrogens is 1. The molecule has 4 heteroatoms. The Bertz CT molecular complexity index is 830. The van der Waals surface area contributed by atoms with E-state index in [-0.39, 0.29) is 5.56 Å². The van der Waals surface area contributed by atoms with Crippen molar-refractivity contribution in [3.05, 3.63) is 65.9 Å².